The minimum atomic E-state index is 0.384. The molecule has 5 heteroatoms. The molecule has 0 bridgehead atoms. The van der Waals surface area contributed by atoms with Gasteiger partial charge in [-0.2, -0.15) is 5.10 Å². The van der Waals surface area contributed by atoms with Gasteiger partial charge in [0, 0.05) is 17.8 Å². The highest BCUT2D eigenvalue weighted by atomic mass is 15.2. The number of hydrogen-bond acceptors (Lipinski definition) is 4. The second-order valence-electron chi connectivity index (χ2n) is 4.39. The Balaban J connectivity index is 2.33. The van der Waals surface area contributed by atoms with Gasteiger partial charge in [-0.1, -0.05) is 0 Å². The normalized spacial score (nSPS) is 10.6. The maximum absolute atomic E-state index is 5.69. The Morgan fingerprint density at radius 3 is 2.22 bits per heavy atom. The molecule has 0 aromatic carbocycles. The first-order chi connectivity index (χ1) is 8.58. The van der Waals surface area contributed by atoms with Crippen molar-refractivity contribution in [1.29, 1.82) is 0 Å². The first-order valence-corrected chi connectivity index (χ1v) is 5.92. The SMILES string of the molecule is [B]Cc1nc(C)nnc1Cc1cc(C)nc(C)c1. The van der Waals surface area contributed by atoms with Crippen molar-refractivity contribution >= 4 is 7.85 Å². The summed E-state index contributed by atoms with van der Waals surface area (Å²) in [5.41, 5.74) is 4.83. The molecule has 2 aromatic heterocycles. The molecule has 18 heavy (non-hydrogen) atoms. The molecule has 90 valence electrons. The van der Waals surface area contributed by atoms with Crippen LogP contribution in [0.5, 0.6) is 0 Å². The van der Waals surface area contributed by atoms with Gasteiger partial charge in [0.05, 0.1) is 19.2 Å². The lowest BCUT2D eigenvalue weighted by Crippen LogP contribution is -2.07. The van der Waals surface area contributed by atoms with Crippen molar-refractivity contribution in [1.82, 2.24) is 20.2 Å². The molecule has 0 fully saturated rings. The Labute approximate surface area is 108 Å². The lowest BCUT2D eigenvalue weighted by atomic mass is 9.97. The van der Waals surface area contributed by atoms with Gasteiger partial charge in [-0.3, -0.25) is 4.98 Å². The van der Waals surface area contributed by atoms with Gasteiger partial charge in [0.1, 0.15) is 5.82 Å². The molecule has 2 radical (unpaired) electrons. The van der Waals surface area contributed by atoms with E-state index in [4.69, 9.17) is 7.85 Å². The average Bonchev–Trinajstić information content (AvgIpc) is 2.30. The van der Waals surface area contributed by atoms with E-state index in [1.165, 1.54) is 0 Å². The van der Waals surface area contributed by atoms with Gasteiger partial charge in [-0.05, 0) is 44.8 Å². The van der Waals surface area contributed by atoms with Gasteiger partial charge in [-0.25, -0.2) is 4.98 Å². The van der Waals surface area contributed by atoms with Crippen LogP contribution in [0, 0.1) is 20.8 Å². The van der Waals surface area contributed by atoms with Crippen LogP contribution < -0.4 is 0 Å². The molecule has 2 rings (SSSR count). The van der Waals surface area contributed by atoms with Crippen LogP contribution in [-0.2, 0) is 12.7 Å². The third kappa shape index (κ3) is 2.91. The van der Waals surface area contributed by atoms with Gasteiger partial charge in [0.2, 0.25) is 0 Å². The van der Waals surface area contributed by atoms with Gasteiger partial charge in [0.25, 0.3) is 0 Å². The predicted molar refractivity (Wildman–Crippen MR) is 70.5 cm³/mol. The largest absolute Gasteiger partial charge is 0.258 e. The van der Waals surface area contributed by atoms with Gasteiger partial charge in [-0.15, -0.1) is 5.10 Å². The Hall–Kier alpha value is -1.78. The van der Waals surface area contributed by atoms with Crippen LogP contribution in [-0.4, -0.2) is 28.0 Å². The Kier molecular flexibility index (Phi) is 3.70. The Morgan fingerprint density at radius 2 is 1.61 bits per heavy atom. The van der Waals surface area contributed by atoms with E-state index >= 15 is 0 Å². The second kappa shape index (κ2) is 5.25. The molecule has 0 amide bonds. The molecule has 0 atom stereocenters. The van der Waals surface area contributed by atoms with E-state index in [9.17, 15) is 0 Å². The monoisotopic (exact) mass is 238 g/mol. The van der Waals surface area contributed by atoms with E-state index in [0.717, 1.165) is 28.3 Å². The fourth-order valence-corrected chi connectivity index (χ4v) is 1.99. The molecule has 0 aliphatic carbocycles. The Bertz CT molecular complexity index is 549. The predicted octanol–water partition coefficient (Wildman–Crippen LogP) is 1.45. The number of aromatic nitrogens is 4. The summed E-state index contributed by atoms with van der Waals surface area (Å²) in [5, 5.41) is 8.19. The van der Waals surface area contributed by atoms with Crippen LogP contribution in [0.1, 0.15) is 34.2 Å². The molecule has 0 saturated carbocycles. The standard InChI is InChI=1S/C13H15BN4/c1-8-4-11(5-9(2)15-8)6-12-13(7-14)16-10(3)17-18-12/h4-5H,6-7H2,1-3H3. The molecular formula is C13H15BN4. The van der Waals surface area contributed by atoms with Crippen LogP contribution in [0.25, 0.3) is 0 Å². The van der Waals surface area contributed by atoms with Crippen LogP contribution in [0.3, 0.4) is 0 Å². The average molecular weight is 238 g/mol. The summed E-state index contributed by atoms with van der Waals surface area (Å²) in [6, 6.07) is 4.10. The molecule has 0 N–H and O–H groups in total. The van der Waals surface area contributed by atoms with Gasteiger partial charge >= 0.3 is 0 Å². The molecular weight excluding hydrogens is 223 g/mol. The summed E-state index contributed by atoms with van der Waals surface area (Å²) >= 11 is 0. The molecule has 0 aliphatic rings. The van der Waals surface area contributed by atoms with Crippen molar-refractivity contribution < 1.29 is 0 Å². The molecule has 0 spiro atoms. The number of aryl methyl sites for hydroxylation is 3. The maximum Gasteiger partial charge on any atom is 0.148 e. The van der Waals surface area contributed by atoms with Crippen molar-refractivity contribution in [3.05, 3.63) is 46.3 Å². The van der Waals surface area contributed by atoms with Crippen LogP contribution in [0.2, 0.25) is 0 Å². The quantitative estimate of drug-likeness (QED) is 0.759. The van der Waals surface area contributed by atoms with Crippen LogP contribution in [0.4, 0.5) is 0 Å². The number of nitrogens with zero attached hydrogens (tertiary/aromatic N) is 4. The fourth-order valence-electron chi connectivity index (χ4n) is 1.99. The summed E-state index contributed by atoms with van der Waals surface area (Å²) in [5.74, 6) is 0.654. The summed E-state index contributed by atoms with van der Waals surface area (Å²) in [4.78, 5) is 8.67. The highest BCUT2D eigenvalue weighted by Crippen LogP contribution is 2.12. The maximum atomic E-state index is 5.69. The summed E-state index contributed by atoms with van der Waals surface area (Å²) in [6.45, 7) is 5.79. The van der Waals surface area contributed by atoms with E-state index in [1.54, 1.807) is 0 Å². The zero-order valence-corrected chi connectivity index (χ0v) is 10.9. The van der Waals surface area contributed by atoms with E-state index in [-0.39, 0.29) is 0 Å². The minimum Gasteiger partial charge on any atom is -0.258 e. The van der Waals surface area contributed by atoms with E-state index in [0.29, 0.717) is 18.6 Å². The van der Waals surface area contributed by atoms with Crippen molar-refractivity contribution in [2.45, 2.75) is 33.5 Å². The zero-order valence-electron chi connectivity index (χ0n) is 10.9. The van der Waals surface area contributed by atoms with Crippen molar-refractivity contribution in [2.24, 2.45) is 0 Å². The van der Waals surface area contributed by atoms with Crippen molar-refractivity contribution in [3.8, 4) is 0 Å². The molecule has 4 nitrogen and oxygen atoms in total. The van der Waals surface area contributed by atoms with Gasteiger partial charge < -0.3 is 0 Å². The first kappa shape index (κ1) is 12.7. The third-order valence-corrected chi connectivity index (χ3v) is 2.65. The number of hydrogen-bond donors (Lipinski definition) is 0. The number of pyridine rings is 1. The van der Waals surface area contributed by atoms with Crippen LogP contribution >= 0.6 is 0 Å². The van der Waals surface area contributed by atoms with Crippen molar-refractivity contribution in [3.63, 3.8) is 0 Å². The first-order valence-electron chi connectivity index (χ1n) is 5.92. The van der Waals surface area contributed by atoms with Crippen LogP contribution in [0.15, 0.2) is 12.1 Å². The molecule has 2 heterocycles. The number of rotatable bonds is 3. The smallest absolute Gasteiger partial charge is 0.148 e. The molecule has 2 aromatic rings. The topological polar surface area (TPSA) is 51.6 Å². The highest BCUT2D eigenvalue weighted by molar-refractivity contribution is 6.08. The molecule has 0 unspecified atom stereocenters. The zero-order chi connectivity index (χ0) is 13.1. The van der Waals surface area contributed by atoms with E-state index in [2.05, 4.69) is 32.3 Å². The lowest BCUT2D eigenvalue weighted by molar-refractivity contribution is 0.818. The molecule has 0 saturated heterocycles. The van der Waals surface area contributed by atoms with Gasteiger partial charge in [0.15, 0.2) is 0 Å². The third-order valence-electron chi connectivity index (χ3n) is 2.65. The van der Waals surface area contributed by atoms with E-state index in [1.807, 2.05) is 20.8 Å². The molecule has 0 aliphatic heterocycles. The fraction of sp³-hybridized carbons (Fsp3) is 0.385. The van der Waals surface area contributed by atoms with Crippen molar-refractivity contribution in [2.75, 3.05) is 0 Å². The Morgan fingerprint density at radius 1 is 0.944 bits per heavy atom. The summed E-state index contributed by atoms with van der Waals surface area (Å²) in [6.07, 6.45) is 1.08. The summed E-state index contributed by atoms with van der Waals surface area (Å²) in [7, 11) is 5.69. The lowest BCUT2D eigenvalue weighted by Gasteiger charge is -2.07. The minimum absolute atomic E-state index is 0.384. The second-order valence-corrected chi connectivity index (χ2v) is 4.39. The highest BCUT2D eigenvalue weighted by Gasteiger charge is 2.07. The summed E-state index contributed by atoms with van der Waals surface area (Å²) < 4.78 is 0. The van der Waals surface area contributed by atoms with E-state index < -0.39 is 0 Å².